The predicted octanol–water partition coefficient (Wildman–Crippen LogP) is 4.65. The van der Waals surface area contributed by atoms with Gasteiger partial charge in [0.05, 0.1) is 4.92 Å². The minimum Gasteiger partial charge on any atom is -0.379 e. The highest BCUT2D eigenvalue weighted by Crippen LogP contribution is 2.35. The predicted molar refractivity (Wildman–Crippen MR) is 88.2 cm³/mol. The second kappa shape index (κ2) is 7.08. The summed E-state index contributed by atoms with van der Waals surface area (Å²) in [5, 5.41) is 21.8. The fourth-order valence-electron chi connectivity index (χ4n) is 2.10. The largest absolute Gasteiger partial charge is 0.379 e. The number of nitrogens with one attached hydrogen (secondary N) is 2. The quantitative estimate of drug-likeness (QED) is 0.577. The molecule has 0 radical (unpaired) electrons. The van der Waals surface area contributed by atoms with Crippen LogP contribution in [0.1, 0.15) is 31.9 Å². The van der Waals surface area contributed by atoms with Gasteiger partial charge in [0.2, 0.25) is 0 Å². The van der Waals surface area contributed by atoms with Crippen LogP contribution in [0, 0.1) is 10.1 Å². The molecule has 6 heteroatoms. The van der Waals surface area contributed by atoms with E-state index in [1.807, 2.05) is 36.7 Å². The number of nitrogens with zero attached hydrogens (tertiary/aromatic N) is 1. The Morgan fingerprint density at radius 2 is 2.10 bits per heavy atom. The molecular weight excluding hydrogens is 286 g/mol. The maximum absolute atomic E-state index is 11.4. The van der Waals surface area contributed by atoms with Gasteiger partial charge in [-0.15, -0.1) is 0 Å². The van der Waals surface area contributed by atoms with Crippen LogP contribution in [-0.2, 0) is 0 Å². The second-order valence-corrected chi connectivity index (χ2v) is 5.59. The van der Waals surface area contributed by atoms with Gasteiger partial charge in [0, 0.05) is 12.6 Å². The number of hydrogen-bond donors (Lipinski definition) is 2. The zero-order valence-corrected chi connectivity index (χ0v) is 12.9. The number of nitro groups is 1. The highest BCUT2D eigenvalue weighted by molar-refractivity contribution is 7.07. The third-order valence-corrected chi connectivity index (χ3v) is 3.90. The lowest BCUT2D eigenvalue weighted by Crippen LogP contribution is -2.10. The van der Waals surface area contributed by atoms with Crippen molar-refractivity contribution in [1.29, 1.82) is 0 Å². The van der Waals surface area contributed by atoms with E-state index in [4.69, 9.17) is 0 Å². The van der Waals surface area contributed by atoms with Crippen LogP contribution in [0.15, 0.2) is 35.0 Å². The molecule has 0 aliphatic rings. The SMILES string of the molecule is CCCNc1cccc(NC(C)c2ccsc2)c1[N+](=O)[O-]. The van der Waals surface area contributed by atoms with E-state index in [0.717, 1.165) is 12.0 Å². The Labute approximate surface area is 128 Å². The Balaban J connectivity index is 2.27. The summed E-state index contributed by atoms with van der Waals surface area (Å²) in [6, 6.07) is 7.37. The fraction of sp³-hybridized carbons (Fsp3) is 0.333. The summed E-state index contributed by atoms with van der Waals surface area (Å²) in [5.41, 5.74) is 2.33. The monoisotopic (exact) mass is 305 g/mol. The van der Waals surface area contributed by atoms with Crippen LogP contribution < -0.4 is 10.6 Å². The van der Waals surface area contributed by atoms with E-state index in [-0.39, 0.29) is 16.7 Å². The molecular formula is C15H19N3O2S. The number of anilines is 2. The van der Waals surface area contributed by atoms with Crippen molar-refractivity contribution in [2.45, 2.75) is 26.3 Å². The van der Waals surface area contributed by atoms with Crippen LogP contribution in [0.2, 0.25) is 0 Å². The van der Waals surface area contributed by atoms with Crippen molar-refractivity contribution >= 4 is 28.4 Å². The van der Waals surface area contributed by atoms with Crippen molar-refractivity contribution in [3.8, 4) is 0 Å². The lowest BCUT2D eigenvalue weighted by molar-refractivity contribution is -0.383. The van der Waals surface area contributed by atoms with Gasteiger partial charge in [-0.2, -0.15) is 11.3 Å². The van der Waals surface area contributed by atoms with Gasteiger partial charge in [-0.1, -0.05) is 13.0 Å². The van der Waals surface area contributed by atoms with Crippen LogP contribution in [0.4, 0.5) is 17.1 Å². The first-order valence-corrected chi connectivity index (χ1v) is 7.87. The van der Waals surface area contributed by atoms with E-state index < -0.39 is 0 Å². The van der Waals surface area contributed by atoms with E-state index in [1.165, 1.54) is 0 Å². The molecule has 0 amide bonds. The van der Waals surface area contributed by atoms with E-state index in [1.54, 1.807) is 23.5 Å². The van der Waals surface area contributed by atoms with E-state index >= 15 is 0 Å². The van der Waals surface area contributed by atoms with Gasteiger partial charge in [0.25, 0.3) is 0 Å². The Morgan fingerprint density at radius 3 is 2.71 bits per heavy atom. The van der Waals surface area contributed by atoms with Gasteiger partial charge in [-0.05, 0) is 47.9 Å². The summed E-state index contributed by atoms with van der Waals surface area (Å²) in [6.07, 6.45) is 0.917. The number of para-hydroxylation sites is 1. The fourth-order valence-corrected chi connectivity index (χ4v) is 2.85. The van der Waals surface area contributed by atoms with Crippen molar-refractivity contribution in [2.75, 3.05) is 17.2 Å². The number of benzene rings is 1. The Hall–Kier alpha value is -2.08. The summed E-state index contributed by atoms with van der Waals surface area (Å²) >= 11 is 1.62. The summed E-state index contributed by atoms with van der Waals surface area (Å²) in [7, 11) is 0. The Morgan fingerprint density at radius 1 is 1.33 bits per heavy atom. The van der Waals surface area contributed by atoms with Crippen LogP contribution in [0.5, 0.6) is 0 Å². The minimum absolute atomic E-state index is 0.0244. The van der Waals surface area contributed by atoms with Crippen molar-refractivity contribution in [2.24, 2.45) is 0 Å². The topological polar surface area (TPSA) is 67.2 Å². The van der Waals surface area contributed by atoms with Gasteiger partial charge in [0.15, 0.2) is 0 Å². The first kappa shape index (κ1) is 15.3. The standard InChI is InChI=1S/C15H19N3O2S/c1-3-8-16-13-5-4-6-14(15(13)18(19)20)17-11(2)12-7-9-21-10-12/h4-7,9-11,16-17H,3,8H2,1-2H3. The smallest absolute Gasteiger partial charge is 0.315 e. The molecule has 21 heavy (non-hydrogen) atoms. The van der Waals surface area contributed by atoms with E-state index in [2.05, 4.69) is 10.6 Å². The van der Waals surface area contributed by atoms with Crippen molar-refractivity contribution in [3.63, 3.8) is 0 Å². The molecule has 112 valence electrons. The van der Waals surface area contributed by atoms with E-state index in [0.29, 0.717) is 17.9 Å². The summed E-state index contributed by atoms with van der Waals surface area (Å²) < 4.78 is 0. The maximum atomic E-state index is 11.4. The van der Waals surface area contributed by atoms with Gasteiger partial charge in [-0.25, -0.2) is 0 Å². The molecule has 0 saturated heterocycles. The summed E-state index contributed by atoms with van der Waals surface area (Å²) in [4.78, 5) is 11.1. The normalized spacial score (nSPS) is 11.9. The van der Waals surface area contributed by atoms with Crippen LogP contribution in [-0.4, -0.2) is 11.5 Å². The molecule has 1 atom stereocenters. The number of nitro benzene ring substituents is 1. The first-order valence-electron chi connectivity index (χ1n) is 6.93. The molecule has 2 rings (SSSR count). The molecule has 0 fully saturated rings. The lowest BCUT2D eigenvalue weighted by atomic mass is 10.1. The molecule has 2 aromatic rings. The zero-order chi connectivity index (χ0) is 15.2. The third-order valence-electron chi connectivity index (χ3n) is 3.20. The lowest BCUT2D eigenvalue weighted by Gasteiger charge is -2.16. The van der Waals surface area contributed by atoms with Crippen LogP contribution >= 0.6 is 11.3 Å². The van der Waals surface area contributed by atoms with E-state index in [9.17, 15) is 10.1 Å². The molecule has 0 aliphatic carbocycles. The number of hydrogen-bond acceptors (Lipinski definition) is 5. The van der Waals surface area contributed by atoms with Gasteiger partial charge in [0.1, 0.15) is 11.4 Å². The highest BCUT2D eigenvalue weighted by Gasteiger charge is 2.20. The molecule has 1 aromatic carbocycles. The molecule has 5 nitrogen and oxygen atoms in total. The average molecular weight is 305 g/mol. The molecule has 2 N–H and O–H groups in total. The van der Waals surface area contributed by atoms with Crippen molar-refractivity contribution in [3.05, 3.63) is 50.7 Å². The maximum Gasteiger partial charge on any atom is 0.315 e. The molecule has 1 aromatic heterocycles. The number of thiophene rings is 1. The zero-order valence-electron chi connectivity index (χ0n) is 12.1. The van der Waals surface area contributed by atoms with Crippen LogP contribution in [0.3, 0.4) is 0 Å². The Bertz CT molecular complexity index is 599. The first-order chi connectivity index (χ1) is 10.1. The molecule has 0 saturated carbocycles. The third kappa shape index (κ3) is 3.72. The molecule has 1 unspecified atom stereocenters. The number of rotatable bonds is 7. The summed E-state index contributed by atoms with van der Waals surface area (Å²) in [6.45, 7) is 4.74. The summed E-state index contributed by atoms with van der Waals surface area (Å²) in [5.74, 6) is 0. The molecule has 0 aliphatic heterocycles. The van der Waals surface area contributed by atoms with Gasteiger partial charge < -0.3 is 10.6 Å². The highest BCUT2D eigenvalue weighted by atomic mass is 32.1. The van der Waals surface area contributed by atoms with Crippen molar-refractivity contribution in [1.82, 2.24) is 0 Å². The van der Waals surface area contributed by atoms with Crippen molar-refractivity contribution < 1.29 is 4.92 Å². The second-order valence-electron chi connectivity index (χ2n) is 4.81. The van der Waals surface area contributed by atoms with Crippen LogP contribution in [0.25, 0.3) is 0 Å². The Kier molecular flexibility index (Phi) is 5.16. The van der Waals surface area contributed by atoms with Gasteiger partial charge in [-0.3, -0.25) is 10.1 Å². The minimum atomic E-state index is -0.333. The molecule has 1 heterocycles. The average Bonchev–Trinajstić information content (AvgIpc) is 2.99. The molecule has 0 spiro atoms. The van der Waals surface area contributed by atoms with Gasteiger partial charge >= 0.3 is 5.69 Å². The molecule has 0 bridgehead atoms.